The van der Waals surface area contributed by atoms with Gasteiger partial charge in [0.1, 0.15) is 0 Å². The molecule has 1 heterocycles. The van der Waals surface area contributed by atoms with Crippen LogP contribution in [0.4, 0.5) is 0 Å². The Hall–Kier alpha value is -1.05. The first kappa shape index (κ1) is 9.04. The van der Waals surface area contributed by atoms with Gasteiger partial charge in [-0.15, -0.1) is 0 Å². The van der Waals surface area contributed by atoms with Crippen molar-refractivity contribution in [3.63, 3.8) is 0 Å². The van der Waals surface area contributed by atoms with Crippen molar-refractivity contribution in [2.75, 3.05) is 6.54 Å². The third kappa shape index (κ3) is 1.76. The molecule has 0 aromatic heterocycles. The number of carbonyl (C=O) groups excluding carboxylic acids is 1. The Morgan fingerprint density at radius 1 is 1.58 bits per heavy atom. The number of hydrogen-bond donors (Lipinski definition) is 0. The molecule has 1 rings (SSSR count). The fourth-order valence-electron chi connectivity index (χ4n) is 1.23. The van der Waals surface area contributed by atoms with Crippen LogP contribution in [0.5, 0.6) is 0 Å². The van der Waals surface area contributed by atoms with Crippen LogP contribution in [0.2, 0.25) is 0 Å². The summed E-state index contributed by atoms with van der Waals surface area (Å²) in [5, 5.41) is 0. The van der Waals surface area contributed by atoms with Gasteiger partial charge in [-0.1, -0.05) is 25.7 Å². The van der Waals surface area contributed by atoms with Crippen molar-refractivity contribution < 1.29 is 4.79 Å². The van der Waals surface area contributed by atoms with E-state index >= 15 is 0 Å². The highest BCUT2D eigenvalue weighted by atomic mass is 16.2. The molecule has 0 aromatic carbocycles. The van der Waals surface area contributed by atoms with Crippen molar-refractivity contribution >= 4 is 5.91 Å². The van der Waals surface area contributed by atoms with Gasteiger partial charge in [0.2, 0.25) is 5.91 Å². The average Bonchev–Trinajstić information content (AvgIpc) is 2.35. The molecule has 0 spiro atoms. The number of carbonyl (C=O) groups is 1. The Morgan fingerprint density at radius 3 is 2.67 bits per heavy atom. The SMILES string of the molecule is C=C(CC)CN1C(=C)CCC1=O. The normalized spacial score (nSPS) is 17.2. The molecule has 1 saturated heterocycles. The summed E-state index contributed by atoms with van der Waals surface area (Å²) in [5.41, 5.74) is 2.03. The standard InChI is InChI=1S/C10H15NO/c1-4-8(2)7-11-9(3)5-6-10(11)12/h2-7H2,1H3. The Labute approximate surface area is 73.6 Å². The molecule has 0 unspecified atom stereocenters. The molecule has 0 N–H and O–H groups in total. The van der Waals surface area contributed by atoms with E-state index in [9.17, 15) is 4.79 Å². The number of hydrogen-bond acceptors (Lipinski definition) is 1. The third-order valence-corrected chi connectivity index (χ3v) is 2.19. The molecular weight excluding hydrogens is 150 g/mol. The lowest BCUT2D eigenvalue weighted by atomic mass is 10.2. The summed E-state index contributed by atoms with van der Waals surface area (Å²) in [5.74, 6) is 0.189. The van der Waals surface area contributed by atoms with Crippen LogP contribution in [-0.2, 0) is 4.79 Å². The van der Waals surface area contributed by atoms with Crippen LogP contribution in [0.1, 0.15) is 26.2 Å². The second kappa shape index (κ2) is 3.57. The van der Waals surface area contributed by atoms with E-state index in [4.69, 9.17) is 0 Å². The van der Waals surface area contributed by atoms with Crippen LogP contribution in [0, 0.1) is 0 Å². The highest BCUT2D eigenvalue weighted by Crippen LogP contribution is 2.21. The Bertz CT molecular complexity index is 214. The van der Waals surface area contributed by atoms with Crippen LogP contribution >= 0.6 is 0 Å². The molecule has 0 atom stereocenters. The molecular formula is C10H15NO. The van der Waals surface area contributed by atoms with Gasteiger partial charge in [-0.05, 0) is 12.8 Å². The van der Waals surface area contributed by atoms with E-state index in [0.717, 1.165) is 24.1 Å². The van der Waals surface area contributed by atoms with Gasteiger partial charge in [0.05, 0.1) is 0 Å². The molecule has 0 bridgehead atoms. The molecule has 2 heteroatoms. The average molecular weight is 165 g/mol. The summed E-state index contributed by atoms with van der Waals surface area (Å²) in [6.07, 6.45) is 2.36. The number of amides is 1. The number of allylic oxidation sites excluding steroid dienone is 1. The van der Waals surface area contributed by atoms with Gasteiger partial charge in [-0.2, -0.15) is 0 Å². The molecule has 0 saturated carbocycles. The smallest absolute Gasteiger partial charge is 0.227 e. The van der Waals surface area contributed by atoms with E-state index in [1.807, 2.05) is 6.92 Å². The highest BCUT2D eigenvalue weighted by Gasteiger charge is 2.23. The van der Waals surface area contributed by atoms with Crippen LogP contribution < -0.4 is 0 Å². The van der Waals surface area contributed by atoms with Crippen molar-refractivity contribution in [2.45, 2.75) is 26.2 Å². The van der Waals surface area contributed by atoms with E-state index in [0.29, 0.717) is 13.0 Å². The first-order valence-electron chi connectivity index (χ1n) is 4.30. The summed E-state index contributed by atoms with van der Waals surface area (Å²) < 4.78 is 0. The van der Waals surface area contributed by atoms with Gasteiger partial charge in [0, 0.05) is 18.7 Å². The maximum Gasteiger partial charge on any atom is 0.227 e. The van der Waals surface area contributed by atoms with Crippen molar-refractivity contribution in [1.29, 1.82) is 0 Å². The van der Waals surface area contributed by atoms with Gasteiger partial charge in [0.15, 0.2) is 0 Å². The number of likely N-dealkylation sites (tertiary alicyclic amines) is 1. The molecule has 0 aromatic rings. The van der Waals surface area contributed by atoms with Crippen LogP contribution in [0.25, 0.3) is 0 Å². The predicted octanol–water partition coefficient (Wildman–Crippen LogP) is 2.09. The molecule has 1 fully saturated rings. The molecule has 1 amide bonds. The summed E-state index contributed by atoms with van der Waals surface area (Å²) in [4.78, 5) is 13.0. The lowest BCUT2D eigenvalue weighted by molar-refractivity contribution is -0.126. The molecule has 0 radical (unpaired) electrons. The van der Waals surface area contributed by atoms with Crippen LogP contribution in [-0.4, -0.2) is 17.4 Å². The molecule has 0 aliphatic carbocycles. The molecule has 1 aliphatic heterocycles. The van der Waals surface area contributed by atoms with Crippen LogP contribution in [0.3, 0.4) is 0 Å². The maximum absolute atomic E-state index is 11.3. The van der Waals surface area contributed by atoms with Crippen LogP contribution in [0.15, 0.2) is 24.4 Å². The quantitative estimate of drug-likeness (QED) is 0.586. The summed E-state index contributed by atoms with van der Waals surface area (Å²) in [6.45, 7) is 10.4. The van der Waals surface area contributed by atoms with Crippen molar-refractivity contribution in [1.82, 2.24) is 4.90 Å². The van der Waals surface area contributed by atoms with Crippen molar-refractivity contribution in [3.8, 4) is 0 Å². The van der Waals surface area contributed by atoms with Crippen molar-refractivity contribution in [2.24, 2.45) is 0 Å². The molecule has 1 aliphatic rings. The maximum atomic E-state index is 11.3. The molecule has 66 valence electrons. The lowest BCUT2D eigenvalue weighted by Crippen LogP contribution is -2.24. The summed E-state index contributed by atoms with van der Waals surface area (Å²) >= 11 is 0. The Kier molecular flexibility index (Phi) is 2.69. The van der Waals surface area contributed by atoms with Gasteiger partial charge in [-0.3, -0.25) is 4.79 Å². The van der Waals surface area contributed by atoms with Crippen molar-refractivity contribution in [3.05, 3.63) is 24.4 Å². The fourth-order valence-corrected chi connectivity index (χ4v) is 1.23. The zero-order chi connectivity index (χ0) is 9.14. The third-order valence-electron chi connectivity index (χ3n) is 2.19. The number of rotatable bonds is 3. The monoisotopic (exact) mass is 165 g/mol. The Morgan fingerprint density at radius 2 is 2.25 bits per heavy atom. The predicted molar refractivity (Wildman–Crippen MR) is 49.5 cm³/mol. The van der Waals surface area contributed by atoms with Gasteiger partial charge in [-0.25, -0.2) is 0 Å². The van der Waals surface area contributed by atoms with Gasteiger partial charge < -0.3 is 4.90 Å². The summed E-state index contributed by atoms with van der Waals surface area (Å²) in [6, 6.07) is 0. The van der Waals surface area contributed by atoms with E-state index in [2.05, 4.69) is 13.2 Å². The van der Waals surface area contributed by atoms with E-state index in [-0.39, 0.29) is 5.91 Å². The first-order chi connectivity index (χ1) is 5.65. The zero-order valence-corrected chi connectivity index (χ0v) is 7.60. The molecule has 12 heavy (non-hydrogen) atoms. The second-order valence-electron chi connectivity index (χ2n) is 3.15. The minimum Gasteiger partial charge on any atom is -0.313 e. The first-order valence-corrected chi connectivity index (χ1v) is 4.30. The highest BCUT2D eigenvalue weighted by molar-refractivity contribution is 5.81. The largest absolute Gasteiger partial charge is 0.313 e. The topological polar surface area (TPSA) is 20.3 Å². The van der Waals surface area contributed by atoms with Gasteiger partial charge in [0.25, 0.3) is 0 Å². The van der Waals surface area contributed by atoms with E-state index in [1.54, 1.807) is 4.90 Å². The van der Waals surface area contributed by atoms with E-state index < -0.39 is 0 Å². The number of nitrogens with zero attached hydrogens (tertiary/aromatic N) is 1. The summed E-state index contributed by atoms with van der Waals surface area (Å²) in [7, 11) is 0. The fraction of sp³-hybridized carbons (Fsp3) is 0.500. The minimum absolute atomic E-state index is 0.189. The second-order valence-corrected chi connectivity index (χ2v) is 3.15. The zero-order valence-electron chi connectivity index (χ0n) is 7.60. The van der Waals surface area contributed by atoms with E-state index in [1.165, 1.54) is 0 Å². The lowest BCUT2D eigenvalue weighted by Gasteiger charge is -2.17. The van der Waals surface area contributed by atoms with Gasteiger partial charge >= 0.3 is 0 Å². The Balaban J connectivity index is 2.56. The minimum atomic E-state index is 0.189. The molecule has 2 nitrogen and oxygen atoms in total.